The maximum absolute atomic E-state index is 13.5. The van der Waals surface area contributed by atoms with Gasteiger partial charge in [-0.15, -0.1) is 0 Å². The molecule has 0 saturated carbocycles. The van der Waals surface area contributed by atoms with Gasteiger partial charge < -0.3 is 10.1 Å². The van der Waals surface area contributed by atoms with Crippen molar-refractivity contribution >= 4 is 10.0 Å². The molecular weight excluding hydrogens is 376 g/mol. The Morgan fingerprint density at radius 3 is 2.68 bits per heavy atom. The van der Waals surface area contributed by atoms with Gasteiger partial charge in [-0.3, -0.25) is 5.10 Å². The molecule has 1 aliphatic heterocycles. The lowest BCUT2D eigenvalue weighted by Crippen LogP contribution is -2.48. The van der Waals surface area contributed by atoms with Crippen LogP contribution in [0, 0.1) is 0 Å². The fourth-order valence-corrected chi connectivity index (χ4v) is 5.09. The Bertz CT molecular complexity index is 1040. The number of rotatable bonds is 5. The average Bonchev–Trinajstić information content (AvgIpc) is 3.29. The number of H-pyrrole nitrogens is 1. The molecule has 146 valence electrons. The van der Waals surface area contributed by atoms with Gasteiger partial charge in [0.1, 0.15) is 10.6 Å². The topological polar surface area (TPSA) is 87.3 Å². The summed E-state index contributed by atoms with van der Waals surface area (Å²) in [5.74, 6) is 0.332. The van der Waals surface area contributed by atoms with E-state index >= 15 is 0 Å². The summed E-state index contributed by atoms with van der Waals surface area (Å²) < 4.78 is 33.8. The fraction of sp³-hybridized carbons (Fsp3) is 0.250. The van der Waals surface area contributed by atoms with Crippen molar-refractivity contribution in [1.82, 2.24) is 19.8 Å². The molecule has 3 aromatic rings. The van der Waals surface area contributed by atoms with Gasteiger partial charge >= 0.3 is 0 Å². The first-order valence-corrected chi connectivity index (χ1v) is 10.5. The van der Waals surface area contributed by atoms with E-state index in [4.69, 9.17) is 4.74 Å². The third-order valence-electron chi connectivity index (χ3n) is 4.93. The number of piperazine rings is 1. The van der Waals surface area contributed by atoms with Gasteiger partial charge in [-0.1, -0.05) is 30.3 Å². The molecule has 1 atom stereocenters. The van der Waals surface area contributed by atoms with Gasteiger partial charge in [-0.05, 0) is 29.8 Å². The Morgan fingerprint density at radius 2 is 1.96 bits per heavy atom. The lowest BCUT2D eigenvalue weighted by molar-refractivity contribution is 0.300. The third-order valence-corrected chi connectivity index (χ3v) is 6.82. The third kappa shape index (κ3) is 3.54. The minimum atomic E-state index is -3.73. The van der Waals surface area contributed by atoms with Crippen molar-refractivity contribution in [2.45, 2.75) is 10.9 Å². The van der Waals surface area contributed by atoms with Crippen LogP contribution in [0.2, 0.25) is 0 Å². The quantitative estimate of drug-likeness (QED) is 0.689. The molecule has 4 rings (SSSR count). The van der Waals surface area contributed by atoms with E-state index in [0.29, 0.717) is 25.4 Å². The fourth-order valence-electron chi connectivity index (χ4n) is 3.45. The molecule has 8 heteroatoms. The Morgan fingerprint density at radius 1 is 1.14 bits per heavy atom. The largest absolute Gasteiger partial charge is 0.495 e. The SMILES string of the molecule is COc1ccc(-c2ccn[nH]2)cc1S(=O)(=O)N1CCNC(c2ccccc2)C1. The number of nitrogens with zero attached hydrogens (tertiary/aromatic N) is 2. The molecule has 1 aliphatic rings. The van der Waals surface area contributed by atoms with E-state index in [9.17, 15) is 8.42 Å². The lowest BCUT2D eigenvalue weighted by atomic mass is 10.1. The van der Waals surface area contributed by atoms with Gasteiger partial charge in [0, 0.05) is 37.4 Å². The number of ether oxygens (including phenoxy) is 1. The van der Waals surface area contributed by atoms with Crippen LogP contribution in [-0.2, 0) is 10.0 Å². The van der Waals surface area contributed by atoms with Gasteiger partial charge in [0.2, 0.25) is 10.0 Å². The van der Waals surface area contributed by atoms with E-state index in [-0.39, 0.29) is 10.9 Å². The average molecular weight is 398 g/mol. The van der Waals surface area contributed by atoms with Crippen LogP contribution in [0.4, 0.5) is 0 Å². The minimum Gasteiger partial charge on any atom is -0.495 e. The molecular formula is C20H22N4O3S. The van der Waals surface area contributed by atoms with Crippen LogP contribution in [0.3, 0.4) is 0 Å². The molecule has 2 aromatic carbocycles. The second-order valence-corrected chi connectivity index (χ2v) is 8.52. The Balaban J connectivity index is 1.68. The van der Waals surface area contributed by atoms with Crippen molar-refractivity contribution in [1.29, 1.82) is 0 Å². The van der Waals surface area contributed by atoms with Crippen LogP contribution in [-0.4, -0.2) is 49.7 Å². The van der Waals surface area contributed by atoms with Crippen LogP contribution in [0.5, 0.6) is 5.75 Å². The second-order valence-electron chi connectivity index (χ2n) is 6.62. The number of hydrogen-bond donors (Lipinski definition) is 2. The summed E-state index contributed by atoms with van der Waals surface area (Å²) >= 11 is 0. The van der Waals surface area contributed by atoms with Crippen molar-refractivity contribution in [2.24, 2.45) is 0 Å². The number of aromatic nitrogens is 2. The summed E-state index contributed by atoms with van der Waals surface area (Å²) in [5.41, 5.74) is 2.56. The van der Waals surface area contributed by atoms with Crippen molar-refractivity contribution in [3.05, 3.63) is 66.4 Å². The number of methoxy groups -OCH3 is 1. The number of hydrogen-bond acceptors (Lipinski definition) is 5. The van der Waals surface area contributed by atoms with Crippen LogP contribution in [0.15, 0.2) is 65.7 Å². The van der Waals surface area contributed by atoms with Crippen LogP contribution in [0.25, 0.3) is 11.3 Å². The predicted molar refractivity (Wildman–Crippen MR) is 107 cm³/mol. The molecule has 0 aliphatic carbocycles. The first-order chi connectivity index (χ1) is 13.6. The zero-order chi connectivity index (χ0) is 19.6. The molecule has 1 unspecified atom stereocenters. The highest BCUT2D eigenvalue weighted by Gasteiger charge is 2.33. The zero-order valence-electron chi connectivity index (χ0n) is 15.5. The molecule has 2 heterocycles. The summed E-state index contributed by atoms with van der Waals surface area (Å²) in [5, 5.41) is 10.2. The maximum Gasteiger partial charge on any atom is 0.246 e. The van der Waals surface area contributed by atoms with Gasteiger partial charge in [-0.25, -0.2) is 8.42 Å². The van der Waals surface area contributed by atoms with Gasteiger partial charge in [0.25, 0.3) is 0 Å². The summed E-state index contributed by atoms with van der Waals surface area (Å²) in [4.78, 5) is 0.163. The Hall–Kier alpha value is -2.68. The van der Waals surface area contributed by atoms with E-state index in [1.54, 1.807) is 24.4 Å². The smallest absolute Gasteiger partial charge is 0.246 e. The normalized spacial score (nSPS) is 18.1. The molecule has 28 heavy (non-hydrogen) atoms. The molecule has 1 aromatic heterocycles. The summed E-state index contributed by atoms with van der Waals surface area (Å²) in [7, 11) is -2.24. The van der Waals surface area contributed by atoms with Crippen molar-refractivity contribution in [2.75, 3.05) is 26.7 Å². The lowest BCUT2D eigenvalue weighted by Gasteiger charge is -2.33. The first kappa shape index (κ1) is 18.7. The van der Waals surface area contributed by atoms with Crippen molar-refractivity contribution < 1.29 is 13.2 Å². The maximum atomic E-state index is 13.5. The Kier molecular flexibility index (Phi) is 5.17. The number of sulfonamides is 1. The van der Waals surface area contributed by atoms with Crippen molar-refractivity contribution in [3.63, 3.8) is 0 Å². The summed E-state index contributed by atoms with van der Waals surface area (Å²) in [6.45, 7) is 1.36. The van der Waals surface area contributed by atoms with Gasteiger partial charge in [0.15, 0.2) is 0 Å². The van der Waals surface area contributed by atoms with E-state index in [2.05, 4.69) is 15.5 Å². The first-order valence-electron chi connectivity index (χ1n) is 9.06. The molecule has 0 spiro atoms. The zero-order valence-corrected chi connectivity index (χ0v) is 16.3. The van der Waals surface area contributed by atoms with Gasteiger partial charge in [0.05, 0.1) is 12.8 Å². The molecule has 7 nitrogen and oxygen atoms in total. The molecule has 0 bridgehead atoms. The highest BCUT2D eigenvalue weighted by molar-refractivity contribution is 7.89. The minimum absolute atomic E-state index is 0.0495. The monoisotopic (exact) mass is 398 g/mol. The predicted octanol–water partition coefficient (Wildman–Crippen LogP) is 2.42. The Labute approximate surface area is 164 Å². The highest BCUT2D eigenvalue weighted by Crippen LogP contribution is 2.32. The van der Waals surface area contributed by atoms with Crippen LogP contribution < -0.4 is 10.1 Å². The summed E-state index contributed by atoms with van der Waals surface area (Å²) in [6, 6.07) is 16.8. The second kappa shape index (κ2) is 7.75. The number of aromatic amines is 1. The summed E-state index contributed by atoms with van der Waals surface area (Å²) in [6.07, 6.45) is 1.63. The molecule has 2 N–H and O–H groups in total. The van der Waals surface area contributed by atoms with E-state index in [1.807, 2.05) is 36.4 Å². The molecule has 1 saturated heterocycles. The molecule has 1 fully saturated rings. The molecule has 0 radical (unpaired) electrons. The number of nitrogens with one attached hydrogen (secondary N) is 2. The van der Waals surface area contributed by atoms with Crippen LogP contribution >= 0.6 is 0 Å². The molecule has 0 amide bonds. The highest BCUT2D eigenvalue weighted by atomic mass is 32.2. The number of benzene rings is 2. The van der Waals surface area contributed by atoms with E-state index < -0.39 is 10.0 Å². The van der Waals surface area contributed by atoms with E-state index in [1.165, 1.54) is 11.4 Å². The van der Waals surface area contributed by atoms with Gasteiger partial charge in [-0.2, -0.15) is 9.40 Å². The standard InChI is InChI=1S/C20H22N4O3S/c1-27-19-8-7-16(17-9-10-22-23-17)13-20(19)28(25,26)24-12-11-21-18(14-24)15-5-3-2-4-6-15/h2-10,13,18,21H,11-12,14H2,1H3,(H,22,23). The van der Waals surface area contributed by atoms with Crippen LogP contribution in [0.1, 0.15) is 11.6 Å². The van der Waals surface area contributed by atoms with Crippen molar-refractivity contribution in [3.8, 4) is 17.0 Å². The van der Waals surface area contributed by atoms with E-state index in [0.717, 1.165) is 16.8 Å².